The molecule has 8 heteroatoms. The van der Waals surface area contributed by atoms with Crippen molar-refractivity contribution >= 4 is 27.5 Å². The van der Waals surface area contributed by atoms with Crippen LogP contribution < -0.4 is 10.1 Å². The summed E-state index contributed by atoms with van der Waals surface area (Å²) in [6, 6.07) is 3.96. The van der Waals surface area contributed by atoms with Crippen LogP contribution in [-0.2, 0) is 0 Å². The van der Waals surface area contributed by atoms with Gasteiger partial charge in [-0.25, -0.2) is 4.99 Å². The highest BCUT2D eigenvalue weighted by Crippen LogP contribution is 2.42. The van der Waals surface area contributed by atoms with Gasteiger partial charge < -0.3 is 10.1 Å². The minimum absolute atomic E-state index is 0.0783. The molecule has 0 saturated heterocycles. The van der Waals surface area contributed by atoms with Gasteiger partial charge in [0.05, 0.1) is 0 Å². The number of ether oxygens (including phenoxy) is 1. The molecule has 1 amide bonds. The van der Waals surface area contributed by atoms with Crippen LogP contribution in [0.4, 0.5) is 13.2 Å². The van der Waals surface area contributed by atoms with Crippen molar-refractivity contribution in [2.24, 2.45) is 10.9 Å². The molecule has 0 bridgehead atoms. The van der Waals surface area contributed by atoms with Crippen molar-refractivity contribution in [1.29, 1.82) is 0 Å². The maximum atomic E-state index is 12.9. The van der Waals surface area contributed by atoms with Gasteiger partial charge in [-0.2, -0.15) is 0 Å². The summed E-state index contributed by atoms with van der Waals surface area (Å²) in [6.07, 6.45) is 0.379. The van der Waals surface area contributed by atoms with Gasteiger partial charge in [0.1, 0.15) is 10.4 Å². The summed E-state index contributed by atoms with van der Waals surface area (Å²) < 4.78 is 43.4. The largest absolute Gasteiger partial charge is 0.573 e. The minimum atomic E-state index is -4.87. The molecule has 0 atom stereocenters. The lowest BCUT2D eigenvalue weighted by Gasteiger charge is -2.15. The quantitative estimate of drug-likeness (QED) is 0.315. The maximum Gasteiger partial charge on any atom is 0.573 e. The first-order valence-corrected chi connectivity index (χ1v) is 11.0. The van der Waals surface area contributed by atoms with Crippen molar-refractivity contribution in [3.05, 3.63) is 39.5 Å². The van der Waals surface area contributed by atoms with Crippen LogP contribution in [0.5, 0.6) is 5.75 Å². The van der Waals surface area contributed by atoms with E-state index >= 15 is 0 Å². The number of hydrogen-bond donors (Lipinski definition) is 1. The summed E-state index contributed by atoms with van der Waals surface area (Å²) in [5.74, 6) is -0.444. The monoisotopic (exact) mass is 490 g/mol. The van der Waals surface area contributed by atoms with Crippen LogP contribution in [0, 0.1) is 5.92 Å². The summed E-state index contributed by atoms with van der Waals surface area (Å²) in [4.78, 5) is 16.3. The van der Waals surface area contributed by atoms with Gasteiger partial charge in [-0.3, -0.25) is 4.79 Å². The number of allylic oxidation sites excluding steroid dienone is 1. The molecular formula is C22H30BrF3N2O2. The predicted molar refractivity (Wildman–Crippen MR) is 118 cm³/mol. The second-order valence-corrected chi connectivity index (χ2v) is 7.48. The zero-order chi connectivity index (χ0) is 22.9. The molecule has 30 heavy (non-hydrogen) atoms. The molecule has 168 valence electrons. The van der Waals surface area contributed by atoms with Gasteiger partial charge in [0.2, 0.25) is 0 Å². The summed E-state index contributed by atoms with van der Waals surface area (Å²) >= 11 is 3.51. The van der Waals surface area contributed by atoms with Crippen molar-refractivity contribution in [3.63, 3.8) is 0 Å². The Morgan fingerprint density at radius 2 is 1.93 bits per heavy atom. The lowest BCUT2D eigenvalue weighted by Crippen LogP contribution is -2.21. The van der Waals surface area contributed by atoms with E-state index in [-0.39, 0.29) is 11.1 Å². The molecule has 4 nitrogen and oxygen atoms in total. The number of benzene rings is 1. The Morgan fingerprint density at radius 1 is 1.30 bits per heavy atom. The van der Waals surface area contributed by atoms with Crippen LogP contribution in [0.1, 0.15) is 75.7 Å². The number of amides is 1. The molecule has 0 radical (unpaired) electrons. The van der Waals surface area contributed by atoms with Crippen molar-refractivity contribution < 1.29 is 22.7 Å². The van der Waals surface area contributed by atoms with E-state index in [1.807, 2.05) is 13.8 Å². The van der Waals surface area contributed by atoms with Crippen molar-refractivity contribution in [2.45, 2.75) is 66.2 Å². The van der Waals surface area contributed by atoms with Crippen molar-refractivity contribution in [1.82, 2.24) is 5.32 Å². The molecule has 1 N–H and O–H groups in total. The Morgan fingerprint density at radius 3 is 2.43 bits per heavy atom. The van der Waals surface area contributed by atoms with E-state index in [0.717, 1.165) is 38.2 Å². The molecule has 1 aromatic carbocycles. The van der Waals surface area contributed by atoms with E-state index in [9.17, 15) is 18.0 Å². The van der Waals surface area contributed by atoms with E-state index in [1.165, 1.54) is 24.8 Å². The topological polar surface area (TPSA) is 50.7 Å². The average molecular weight is 491 g/mol. The lowest BCUT2D eigenvalue weighted by atomic mass is 10.0. The molecule has 0 heterocycles. The number of nitrogens with one attached hydrogen (secondary N) is 1. The van der Waals surface area contributed by atoms with E-state index in [0.29, 0.717) is 16.2 Å². The normalized spacial score (nSPS) is 15.0. The Bertz CT molecular complexity index is 785. The third kappa shape index (κ3) is 8.13. The molecule has 0 unspecified atom stereocenters. The van der Waals surface area contributed by atoms with Gasteiger partial charge in [-0.05, 0) is 78.2 Å². The number of carbonyl (C=O) groups is 1. The number of halogens is 4. The van der Waals surface area contributed by atoms with Gasteiger partial charge >= 0.3 is 6.36 Å². The molecular weight excluding hydrogens is 461 g/mol. The highest BCUT2D eigenvalue weighted by Gasteiger charge is 2.33. The highest BCUT2D eigenvalue weighted by atomic mass is 79.9. The van der Waals surface area contributed by atoms with Crippen LogP contribution in [-0.4, -0.2) is 25.0 Å². The molecule has 2 rings (SSSR count). The first kappa shape index (κ1) is 26.2. The van der Waals surface area contributed by atoms with E-state index in [4.69, 9.17) is 0 Å². The number of carbonyl (C=O) groups excluding carboxylic acids is 1. The summed E-state index contributed by atoms with van der Waals surface area (Å²) in [5, 5.41) is 2.39. The smallest absolute Gasteiger partial charge is 0.405 e. The predicted octanol–water partition coefficient (Wildman–Crippen LogP) is 6.99. The van der Waals surface area contributed by atoms with Gasteiger partial charge in [-0.1, -0.05) is 27.2 Å². The van der Waals surface area contributed by atoms with Crippen molar-refractivity contribution in [3.8, 4) is 5.75 Å². The first-order valence-electron chi connectivity index (χ1n) is 10.2. The number of rotatable bonds is 8. The van der Waals surface area contributed by atoms with E-state index < -0.39 is 18.0 Å². The summed E-state index contributed by atoms with van der Waals surface area (Å²) in [5.41, 5.74) is 1.85. The Balaban J connectivity index is 0.00000218. The molecule has 1 saturated carbocycles. The third-order valence-corrected chi connectivity index (χ3v) is 5.17. The van der Waals surface area contributed by atoms with Crippen molar-refractivity contribution in [2.75, 3.05) is 7.05 Å². The molecule has 0 aromatic heterocycles. The average Bonchev–Trinajstić information content (AvgIpc) is 3.53. The highest BCUT2D eigenvalue weighted by molar-refractivity contribution is 9.11. The first-order chi connectivity index (χ1) is 14.2. The molecule has 0 spiro atoms. The Labute approximate surface area is 185 Å². The van der Waals surface area contributed by atoms with Crippen LogP contribution in [0.2, 0.25) is 0 Å². The van der Waals surface area contributed by atoms with Gasteiger partial charge in [0.25, 0.3) is 5.91 Å². The Kier molecular flexibility index (Phi) is 10.6. The number of alkyl halides is 3. The minimum Gasteiger partial charge on any atom is -0.405 e. The zero-order valence-corrected chi connectivity index (χ0v) is 19.7. The molecule has 1 aromatic rings. The van der Waals surface area contributed by atoms with Crippen LogP contribution >= 0.6 is 15.9 Å². The standard InChI is InChI=1S/C20H24BrF3N2O2.C2H6/c1-4-5-6-16(13-7-8-13)18(21)26-12(2)15-10-9-14(19(27)25-3)11-17(15)28-20(22,23)24;1-2/h9-11,13H,4-8H2,1-3H3,(H,25,27);1-2H3/b18-16+,26-12+;. The second kappa shape index (κ2) is 12.1. The molecule has 1 aliphatic rings. The number of unbranched alkanes of at least 4 members (excludes halogenated alkanes) is 1. The Hall–Kier alpha value is -1.83. The molecule has 1 fully saturated rings. The van der Waals surface area contributed by atoms with E-state index in [2.05, 4.69) is 37.9 Å². The van der Waals surface area contributed by atoms with Crippen LogP contribution in [0.25, 0.3) is 0 Å². The van der Waals surface area contributed by atoms with E-state index in [1.54, 1.807) is 6.92 Å². The SMILES string of the molecule is CC.CCCC/C(=C(Br)\N=C(/C)c1ccc(C(=O)NC)cc1OC(F)(F)F)C1CC1. The van der Waals surface area contributed by atoms with Gasteiger partial charge in [0.15, 0.2) is 0 Å². The fourth-order valence-electron chi connectivity index (χ4n) is 2.87. The van der Waals surface area contributed by atoms with Gasteiger partial charge in [-0.15, -0.1) is 13.2 Å². The number of hydrogen-bond acceptors (Lipinski definition) is 3. The summed E-state index contributed by atoms with van der Waals surface area (Å²) in [7, 11) is 1.41. The fourth-order valence-corrected chi connectivity index (χ4v) is 3.66. The number of nitrogens with zero attached hydrogens (tertiary/aromatic N) is 1. The maximum absolute atomic E-state index is 12.9. The fraction of sp³-hybridized carbons (Fsp3) is 0.545. The zero-order valence-electron chi connectivity index (χ0n) is 18.1. The van der Waals surface area contributed by atoms with Crippen LogP contribution in [0.3, 0.4) is 0 Å². The second-order valence-electron chi connectivity index (χ2n) is 6.73. The lowest BCUT2D eigenvalue weighted by molar-refractivity contribution is -0.274. The molecule has 0 aliphatic heterocycles. The third-order valence-electron chi connectivity index (χ3n) is 4.49. The number of aliphatic imine (C=N–C) groups is 1. The summed E-state index contributed by atoms with van der Waals surface area (Å²) in [6.45, 7) is 7.74. The van der Waals surface area contributed by atoms with Gasteiger partial charge in [0, 0.05) is 23.9 Å². The van der Waals surface area contributed by atoms with Crippen LogP contribution in [0.15, 0.2) is 33.4 Å². The molecule has 1 aliphatic carbocycles.